The van der Waals surface area contributed by atoms with Crippen LogP contribution in [0.4, 0.5) is 13.2 Å². The number of imidazole rings is 1. The molecule has 0 unspecified atom stereocenters. The van der Waals surface area contributed by atoms with Crippen LogP contribution in [0.15, 0.2) is 30.3 Å². The Labute approximate surface area is 111 Å². The molecule has 2 aromatic heterocycles. The van der Waals surface area contributed by atoms with Gasteiger partial charge in [0.25, 0.3) is 11.5 Å². The fraction of sp³-hybridized carbons (Fsp3) is 0.154. The van der Waals surface area contributed by atoms with Crippen LogP contribution in [-0.4, -0.2) is 10.1 Å². The van der Waals surface area contributed by atoms with Crippen molar-refractivity contribution < 1.29 is 22.7 Å². The number of benzene rings is 1. The predicted molar refractivity (Wildman–Crippen MR) is 66.0 cm³/mol. The first kappa shape index (κ1) is 12.7. The summed E-state index contributed by atoms with van der Waals surface area (Å²) in [7, 11) is 0. The van der Waals surface area contributed by atoms with Gasteiger partial charge in [-0.2, -0.15) is 17.6 Å². The van der Waals surface area contributed by atoms with E-state index in [2.05, 4.69) is 4.98 Å². The van der Waals surface area contributed by atoms with E-state index in [4.69, 9.17) is 5.73 Å². The smallest absolute Gasteiger partial charge is 0.417 e. The van der Waals surface area contributed by atoms with Gasteiger partial charge in [-0.25, -0.2) is 4.98 Å². The number of nitrogens with one attached hydrogen (secondary N) is 1. The molecule has 3 rings (SSSR count). The molecule has 0 saturated heterocycles. The van der Waals surface area contributed by atoms with Gasteiger partial charge in [0.15, 0.2) is 11.0 Å². The second-order valence-electron chi connectivity index (χ2n) is 4.42. The zero-order chi connectivity index (χ0) is 14.5. The minimum atomic E-state index is -4.57. The molecule has 4 N–H and O–H groups in total. The Kier molecular flexibility index (Phi) is 2.62. The standard InChI is InChI=1S/C13H10F3N3O/c14-13(15,16)8-5-11(20)19-10-4-2-1-3-9(10)18-12(19)7(8)6-17/h1-5H,6,17H2,(H,18,20)/p+1. The molecule has 0 atom stereocenters. The van der Waals surface area contributed by atoms with Gasteiger partial charge >= 0.3 is 6.18 Å². The maximum atomic E-state index is 13.0. The number of H-pyrrole nitrogens is 1. The van der Waals surface area contributed by atoms with Gasteiger partial charge in [-0.1, -0.05) is 12.1 Å². The number of aromatic amines is 1. The summed E-state index contributed by atoms with van der Waals surface area (Å²) in [4.78, 5) is 2.87. The van der Waals surface area contributed by atoms with E-state index in [1.54, 1.807) is 24.3 Å². The molecule has 104 valence electrons. The van der Waals surface area contributed by atoms with Gasteiger partial charge in [0.1, 0.15) is 0 Å². The highest BCUT2D eigenvalue weighted by atomic mass is 19.4. The summed E-state index contributed by atoms with van der Waals surface area (Å²) in [5.74, 6) is -0.484. The maximum absolute atomic E-state index is 13.0. The first-order valence-electron chi connectivity index (χ1n) is 5.88. The Hall–Kier alpha value is -2.28. The molecule has 4 nitrogen and oxygen atoms in total. The lowest BCUT2D eigenvalue weighted by Gasteiger charge is -2.10. The fourth-order valence-electron chi connectivity index (χ4n) is 2.39. The van der Waals surface area contributed by atoms with Gasteiger partial charge in [-0.3, -0.25) is 0 Å². The number of hydrogen-bond donors (Lipinski definition) is 3. The Morgan fingerprint density at radius 1 is 1.25 bits per heavy atom. The lowest BCUT2D eigenvalue weighted by molar-refractivity contribution is -0.493. The minimum absolute atomic E-state index is 0.0773. The summed E-state index contributed by atoms with van der Waals surface area (Å²) in [6.07, 6.45) is -4.57. The molecule has 0 radical (unpaired) electrons. The molecule has 0 saturated carbocycles. The van der Waals surface area contributed by atoms with Crippen LogP contribution in [0.1, 0.15) is 11.1 Å². The third-order valence-corrected chi connectivity index (χ3v) is 3.24. The molecular formula is C13H11F3N3O+. The molecule has 7 heteroatoms. The number of halogens is 3. The van der Waals surface area contributed by atoms with Crippen LogP contribution in [0.25, 0.3) is 16.7 Å². The minimum Gasteiger partial charge on any atom is -0.477 e. The Morgan fingerprint density at radius 3 is 2.60 bits per heavy atom. The van der Waals surface area contributed by atoms with Crippen LogP contribution in [-0.2, 0) is 12.7 Å². The average Bonchev–Trinajstić information content (AvgIpc) is 2.77. The van der Waals surface area contributed by atoms with E-state index in [1.165, 1.54) is 4.40 Å². The van der Waals surface area contributed by atoms with Crippen LogP contribution in [0, 0.1) is 0 Å². The third-order valence-electron chi connectivity index (χ3n) is 3.24. The Morgan fingerprint density at radius 2 is 1.95 bits per heavy atom. The molecule has 1 aromatic carbocycles. The van der Waals surface area contributed by atoms with Gasteiger partial charge in [-0.15, -0.1) is 0 Å². The van der Waals surface area contributed by atoms with Crippen molar-refractivity contribution in [2.24, 2.45) is 5.73 Å². The number of rotatable bonds is 1. The first-order chi connectivity index (χ1) is 9.43. The van der Waals surface area contributed by atoms with Crippen LogP contribution in [0.3, 0.4) is 0 Å². The van der Waals surface area contributed by atoms with Crippen LogP contribution >= 0.6 is 0 Å². The second kappa shape index (κ2) is 4.11. The molecule has 0 amide bonds. The first-order valence-corrected chi connectivity index (χ1v) is 5.88. The zero-order valence-electron chi connectivity index (χ0n) is 10.2. The fourth-order valence-corrected chi connectivity index (χ4v) is 2.39. The second-order valence-corrected chi connectivity index (χ2v) is 4.42. The number of para-hydroxylation sites is 2. The topological polar surface area (TPSA) is 66.1 Å². The highest BCUT2D eigenvalue weighted by Crippen LogP contribution is 2.34. The van der Waals surface area contributed by atoms with E-state index >= 15 is 0 Å². The van der Waals surface area contributed by atoms with Gasteiger partial charge in [0.2, 0.25) is 0 Å². The Balaban J connectivity index is 2.51. The quantitative estimate of drug-likeness (QED) is 0.598. The summed E-state index contributed by atoms with van der Waals surface area (Å²) in [6.45, 7) is -0.286. The molecule has 3 aromatic rings. The number of aromatic hydroxyl groups is 1. The van der Waals surface area contributed by atoms with Crippen LogP contribution in [0.2, 0.25) is 0 Å². The van der Waals surface area contributed by atoms with Crippen molar-refractivity contribution in [2.45, 2.75) is 12.7 Å². The SMILES string of the molecule is NCc1c(C(F)(F)F)cc(O)[n+]2c1[nH]c1ccccc12. The molecule has 0 aliphatic heterocycles. The molecule has 20 heavy (non-hydrogen) atoms. The normalized spacial score (nSPS) is 12.4. The van der Waals surface area contributed by atoms with Crippen LogP contribution in [0.5, 0.6) is 5.88 Å². The molecular weight excluding hydrogens is 271 g/mol. The van der Waals surface area contributed by atoms with E-state index in [1.807, 2.05) is 0 Å². The summed E-state index contributed by atoms with van der Waals surface area (Å²) in [5, 5.41) is 9.92. The average molecular weight is 282 g/mol. The lowest BCUT2D eigenvalue weighted by atomic mass is 10.1. The molecule has 0 spiro atoms. The van der Waals surface area contributed by atoms with Crippen molar-refractivity contribution in [2.75, 3.05) is 0 Å². The number of hydrogen-bond acceptors (Lipinski definition) is 2. The van der Waals surface area contributed by atoms with E-state index in [0.717, 1.165) is 0 Å². The Bertz CT molecular complexity index is 808. The largest absolute Gasteiger partial charge is 0.477 e. The predicted octanol–water partition coefficient (Wildman–Crippen LogP) is 2.09. The number of pyridine rings is 1. The summed E-state index contributed by atoms with van der Waals surface area (Å²) >= 11 is 0. The van der Waals surface area contributed by atoms with E-state index < -0.39 is 17.6 Å². The molecule has 0 aliphatic carbocycles. The van der Waals surface area contributed by atoms with Crippen molar-refractivity contribution in [3.63, 3.8) is 0 Å². The van der Waals surface area contributed by atoms with E-state index in [9.17, 15) is 18.3 Å². The molecule has 0 fully saturated rings. The maximum Gasteiger partial charge on any atom is 0.417 e. The highest BCUT2D eigenvalue weighted by molar-refractivity contribution is 5.75. The van der Waals surface area contributed by atoms with Crippen molar-refractivity contribution in [1.82, 2.24) is 4.98 Å². The number of aromatic nitrogens is 2. The third kappa shape index (κ3) is 1.70. The van der Waals surface area contributed by atoms with Gasteiger partial charge in [0, 0.05) is 12.6 Å². The summed E-state index contributed by atoms with van der Waals surface area (Å²) in [6, 6.07) is 7.61. The summed E-state index contributed by atoms with van der Waals surface area (Å²) in [5.41, 5.74) is 5.83. The van der Waals surface area contributed by atoms with E-state index in [-0.39, 0.29) is 17.8 Å². The van der Waals surface area contributed by atoms with Crippen molar-refractivity contribution in [1.29, 1.82) is 0 Å². The monoisotopic (exact) mass is 282 g/mol. The number of nitrogens with two attached hydrogens (primary N) is 1. The van der Waals surface area contributed by atoms with Gasteiger partial charge in [0.05, 0.1) is 11.1 Å². The molecule has 0 bridgehead atoms. The van der Waals surface area contributed by atoms with Crippen molar-refractivity contribution in [3.8, 4) is 5.88 Å². The van der Waals surface area contributed by atoms with Gasteiger partial charge in [-0.05, 0) is 12.1 Å². The van der Waals surface area contributed by atoms with Crippen LogP contribution < -0.4 is 10.1 Å². The number of fused-ring (bicyclic) bond motifs is 3. The number of nitrogens with zero attached hydrogens (tertiary/aromatic N) is 1. The highest BCUT2D eigenvalue weighted by Gasteiger charge is 2.37. The van der Waals surface area contributed by atoms with Crippen molar-refractivity contribution in [3.05, 3.63) is 41.5 Å². The number of alkyl halides is 3. The molecule has 0 aliphatic rings. The van der Waals surface area contributed by atoms with E-state index in [0.29, 0.717) is 17.1 Å². The lowest BCUT2D eigenvalue weighted by Crippen LogP contribution is -2.26. The molecule has 2 heterocycles. The van der Waals surface area contributed by atoms with Crippen molar-refractivity contribution >= 4 is 16.7 Å². The van der Waals surface area contributed by atoms with Gasteiger partial charge < -0.3 is 10.8 Å². The zero-order valence-corrected chi connectivity index (χ0v) is 10.2. The summed E-state index contributed by atoms with van der Waals surface area (Å²) < 4.78 is 40.4.